The van der Waals surface area contributed by atoms with Gasteiger partial charge in [0, 0.05) is 30.1 Å². The maximum Gasteiger partial charge on any atom is 0.261 e. The quantitative estimate of drug-likeness (QED) is 0.574. The molecule has 31 heavy (non-hydrogen) atoms. The molecule has 1 saturated heterocycles. The molecule has 0 bridgehead atoms. The molecule has 1 aliphatic rings. The van der Waals surface area contributed by atoms with Crippen molar-refractivity contribution in [3.63, 3.8) is 0 Å². The second kappa shape index (κ2) is 8.90. The maximum atomic E-state index is 13.0. The van der Waals surface area contributed by atoms with Crippen molar-refractivity contribution in [3.8, 4) is 16.2 Å². The van der Waals surface area contributed by atoms with Crippen LogP contribution in [0.4, 0.5) is 11.4 Å². The van der Waals surface area contributed by atoms with E-state index in [9.17, 15) is 8.42 Å². The Hall–Kier alpha value is -2.55. The third kappa shape index (κ3) is 4.87. The Bertz CT molecular complexity index is 1120. The molecule has 1 aromatic heterocycles. The molecule has 0 spiro atoms. The normalized spacial score (nSPS) is 19.3. The summed E-state index contributed by atoms with van der Waals surface area (Å²) in [4.78, 5) is 3.57. The van der Waals surface area contributed by atoms with E-state index in [4.69, 9.17) is 4.74 Å². The zero-order chi connectivity index (χ0) is 22.0. The van der Waals surface area contributed by atoms with Gasteiger partial charge in [-0.3, -0.25) is 4.72 Å². The number of piperazine rings is 1. The summed E-state index contributed by atoms with van der Waals surface area (Å²) in [6.07, 6.45) is 0. The number of nitrogens with zero attached hydrogens (tertiary/aromatic N) is 1. The van der Waals surface area contributed by atoms with Crippen LogP contribution in [-0.4, -0.2) is 40.7 Å². The fraction of sp³-hybridized carbons (Fsp3) is 0.304. The van der Waals surface area contributed by atoms with Gasteiger partial charge in [0.1, 0.15) is 5.75 Å². The average Bonchev–Trinajstić information content (AvgIpc) is 3.28. The van der Waals surface area contributed by atoms with Gasteiger partial charge in [0.25, 0.3) is 10.0 Å². The molecule has 1 aliphatic heterocycles. The maximum absolute atomic E-state index is 13.0. The van der Waals surface area contributed by atoms with Crippen LogP contribution in [0.15, 0.2) is 64.9 Å². The zero-order valence-corrected chi connectivity index (χ0v) is 19.5. The van der Waals surface area contributed by atoms with Crippen molar-refractivity contribution in [1.29, 1.82) is 0 Å². The van der Waals surface area contributed by atoms with E-state index in [1.165, 1.54) is 0 Å². The zero-order valence-electron chi connectivity index (χ0n) is 17.8. The third-order valence-corrected chi connectivity index (χ3v) is 7.62. The highest BCUT2D eigenvalue weighted by Crippen LogP contribution is 2.33. The molecule has 0 radical (unpaired) electrons. The van der Waals surface area contributed by atoms with Crippen LogP contribution >= 0.6 is 11.3 Å². The third-order valence-electron chi connectivity index (χ3n) is 5.30. The summed E-state index contributed by atoms with van der Waals surface area (Å²) in [5.74, 6) is 0.726. The van der Waals surface area contributed by atoms with Gasteiger partial charge in [-0.05, 0) is 61.2 Å². The van der Waals surface area contributed by atoms with Gasteiger partial charge in [-0.2, -0.15) is 0 Å². The van der Waals surface area contributed by atoms with E-state index in [1.807, 2.05) is 41.8 Å². The summed E-state index contributed by atoms with van der Waals surface area (Å²) in [6, 6.07) is 17.0. The Morgan fingerprint density at radius 3 is 2.39 bits per heavy atom. The van der Waals surface area contributed by atoms with E-state index in [0.29, 0.717) is 17.8 Å². The van der Waals surface area contributed by atoms with Gasteiger partial charge in [-0.1, -0.05) is 18.2 Å². The Morgan fingerprint density at radius 1 is 1.06 bits per heavy atom. The molecule has 0 saturated carbocycles. The van der Waals surface area contributed by atoms with Gasteiger partial charge in [0.05, 0.1) is 23.4 Å². The minimum Gasteiger partial charge on any atom is -0.495 e. The molecular formula is C23H27N3O3S2. The predicted molar refractivity (Wildman–Crippen MR) is 128 cm³/mol. The van der Waals surface area contributed by atoms with Crippen molar-refractivity contribution in [3.05, 3.63) is 60.0 Å². The molecule has 0 amide bonds. The topological polar surface area (TPSA) is 70.7 Å². The molecule has 3 aromatic rings. The highest BCUT2D eigenvalue weighted by Gasteiger charge is 2.24. The number of ether oxygens (including phenoxy) is 1. The first-order valence-electron chi connectivity index (χ1n) is 10.2. The molecule has 2 heterocycles. The number of hydrogen-bond acceptors (Lipinski definition) is 6. The molecule has 8 heteroatoms. The van der Waals surface area contributed by atoms with Crippen LogP contribution in [0.25, 0.3) is 10.4 Å². The summed E-state index contributed by atoms with van der Waals surface area (Å²) in [5, 5.41) is 5.51. The van der Waals surface area contributed by atoms with Crippen molar-refractivity contribution >= 4 is 32.7 Å². The van der Waals surface area contributed by atoms with Crippen LogP contribution in [0.2, 0.25) is 0 Å². The lowest BCUT2D eigenvalue weighted by atomic mass is 10.1. The highest BCUT2D eigenvalue weighted by atomic mass is 32.2. The molecular weight excluding hydrogens is 430 g/mol. The molecule has 6 nitrogen and oxygen atoms in total. The molecule has 2 atom stereocenters. The summed E-state index contributed by atoms with van der Waals surface area (Å²) < 4.78 is 34.2. The van der Waals surface area contributed by atoms with Gasteiger partial charge >= 0.3 is 0 Å². The van der Waals surface area contributed by atoms with Crippen molar-refractivity contribution in [2.45, 2.75) is 30.8 Å². The van der Waals surface area contributed by atoms with Crippen LogP contribution in [0, 0.1) is 0 Å². The fourth-order valence-electron chi connectivity index (χ4n) is 3.98. The first-order chi connectivity index (χ1) is 14.9. The van der Waals surface area contributed by atoms with Gasteiger partial charge < -0.3 is 15.0 Å². The van der Waals surface area contributed by atoms with Gasteiger partial charge in [0.2, 0.25) is 0 Å². The molecule has 4 rings (SSSR count). The van der Waals surface area contributed by atoms with Crippen molar-refractivity contribution < 1.29 is 13.2 Å². The Labute approximate surface area is 187 Å². The number of anilines is 2. The average molecular weight is 458 g/mol. The SMILES string of the molecule is COc1ccc(NS(=O)(=O)c2ccc(-c3cccs3)cc2)cc1N1CC(C)NC(C)C1. The molecule has 164 valence electrons. The minimum atomic E-state index is -3.71. The lowest BCUT2D eigenvalue weighted by molar-refractivity contribution is 0.391. The van der Waals surface area contributed by atoms with E-state index in [2.05, 4.69) is 28.8 Å². The number of rotatable bonds is 6. The summed E-state index contributed by atoms with van der Waals surface area (Å²) in [6.45, 7) is 5.92. The number of sulfonamides is 1. The van der Waals surface area contributed by atoms with E-state index in [-0.39, 0.29) is 4.90 Å². The lowest BCUT2D eigenvalue weighted by Crippen LogP contribution is -2.54. The van der Waals surface area contributed by atoms with Crippen LogP contribution in [-0.2, 0) is 10.0 Å². The monoisotopic (exact) mass is 457 g/mol. The smallest absolute Gasteiger partial charge is 0.261 e. The van der Waals surface area contributed by atoms with Gasteiger partial charge in [-0.15, -0.1) is 11.3 Å². The summed E-state index contributed by atoms with van der Waals surface area (Å²) >= 11 is 1.62. The lowest BCUT2D eigenvalue weighted by Gasteiger charge is -2.38. The van der Waals surface area contributed by atoms with E-state index in [0.717, 1.165) is 35.0 Å². The predicted octanol–water partition coefficient (Wildman–Crippen LogP) is 4.41. The van der Waals surface area contributed by atoms with Crippen molar-refractivity contribution in [2.75, 3.05) is 29.8 Å². The minimum absolute atomic E-state index is 0.231. The second-order valence-electron chi connectivity index (χ2n) is 7.87. The van der Waals surface area contributed by atoms with Crippen LogP contribution in [0.3, 0.4) is 0 Å². The first kappa shape index (κ1) is 21.7. The fourth-order valence-corrected chi connectivity index (χ4v) is 5.76. The number of benzene rings is 2. The second-order valence-corrected chi connectivity index (χ2v) is 10.5. The molecule has 2 unspecified atom stereocenters. The van der Waals surface area contributed by atoms with Crippen LogP contribution in [0.1, 0.15) is 13.8 Å². The molecule has 2 N–H and O–H groups in total. The highest BCUT2D eigenvalue weighted by molar-refractivity contribution is 7.92. The van der Waals surface area contributed by atoms with E-state index < -0.39 is 10.0 Å². The summed E-state index contributed by atoms with van der Waals surface area (Å²) in [7, 11) is -2.07. The van der Waals surface area contributed by atoms with Crippen LogP contribution in [0.5, 0.6) is 5.75 Å². The Balaban J connectivity index is 1.58. The van der Waals surface area contributed by atoms with E-state index >= 15 is 0 Å². The van der Waals surface area contributed by atoms with Crippen molar-refractivity contribution in [1.82, 2.24) is 5.32 Å². The van der Waals surface area contributed by atoms with Crippen LogP contribution < -0.4 is 19.7 Å². The van der Waals surface area contributed by atoms with Crippen molar-refractivity contribution in [2.24, 2.45) is 0 Å². The summed E-state index contributed by atoms with van der Waals surface area (Å²) in [5.41, 5.74) is 2.40. The standard InChI is InChI=1S/C23H27N3O3S2/c1-16-14-26(15-17(2)24-16)21-13-19(8-11-22(21)29-3)25-31(27,28)20-9-6-18(7-10-20)23-5-4-12-30-23/h4-13,16-17,24-25H,14-15H2,1-3H3. The number of thiophene rings is 1. The molecule has 0 aliphatic carbocycles. The number of nitrogens with one attached hydrogen (secondary N) is 2. The molecule has 2 aromatic carbocycles. The first-order valence-corrected chi connectivity index (χ1v) is 12.6. The van der Waals surface area contributed by atoms with Gasteiger partial charge in [0.15, 0.2) is 0 Å². The Morgan fingerprint density at radius 2 is 1.77 bits per heavy atom. The van der Waals surface area contributed by atoms with E-state index in [1.54, 1.807) is 36.6 Å². The van der Waals surface area contributed by atoms with Gasteiger partial charge in [-0.25, -0.2) is 8.42 Å². The number of methoxy groups -OCH3 is 1. The largest absolute Gasteiger partial charge is 0.495 e. The Kier molecular flexibility index (Phi) is 6.22. The number of hydrogen-bond donors (Lipinski definition) is 2. The molecule has 1 fully saturated rings.